The average Bonchev–Trinajstić information content (AvgIpc) is 3.02. The highest BCUT2D eigenvalue weighted by Gasteiger charge is 2.02. The van der Waals surface area contributed by atoms with Crippen molar-refractivity contribution in [3.63, 3.8) is 0 Å². The number of thiazole rings is 1. The molecule has 0 fully saturated rings. The second-order valence-corrected chi connectivity index (χ2v) is 6.12. The number of nitrogens with zero attached hydrogens (tertiary/aromatic N) is 1. The molecule has 2 rings (SSSR count). The van der Waals surface area contributed by atoms with E-state index in [9.17, 15) is 4.79 Å². The number of hydrogen-bond donors (Lipinski definition) is 1. The molecule has 2 heterocycles. The van der Waals surface area contributed by atoms with E-state index >= 15 is 0 Å². The molecular weight excluding hydrogens is 294 g/mol. The fourth-order valence-electron chi connectivity index (χ4n) is 1.63. The van der Waals surface area contributed by atoms with Crippen LogP contribution in [0, 0.1) is 6.92 Å². The van der Waals surface area contributed by atoms with Crippen LogP contribution in [0.3, 0.4) is 0 Å². The maximum Gasteiger partial charge on any atom is 0.328 e. The highest BCUT2D eigenvalue weighted by atomic mass is 32.1. The fraction of sp³-hybridized carbons (Fsp3) is 0.286. The van der Waals surface area contributed by atoms with Gasteiger partial charge in [-0.1, -0.05) is 0 Å². The van der Waals surface area contributed by atoms with Gasteiger partial charge in [-0.05, 0) is 30.0 Å². The van der Waals surface area contributed by atoms with E-state index in [0.29, 0.717) is 13.2 Å². The fourth-order valence-corrected chi connectivity index (χ4v) is 3.18. The highest BCUT2D eigenvalue weighted by molar-refractivity contribution is 7.10. The Kier molecular flexibility index (Phi) is 5.46. The van der Waals surface area contributed by atoms with E-state index < -0.39 is 5.97 Å². The molecule has 2 aromatic rings. The van der Waals surface area contributed by atoms with Crippen LogP contribution in [-0.4, -0.2) is 22.7 Å². The molecule has 0 amide bonds. The molecule has 0 aliphatic rings. The van der Waals surface area contributed by atoms with E-state index in [1.165, 1.54) is 4.88 Å². The molecule has 0 radical (unpaired) electrons. The van der Waals surface area contributed by atoms with Crippen molar-refractivity contribution in [2.24, 2.45) is 0 Å². The third kappa shape index (κ3) is 4.56. The number of aromatic nitrogens is 1. The first-order valence-corrected chi connectivity index (χ1v) is 7.86. The summed E-state index contributed by atoms with van der Waals surface area (Å²) in [5, 5.41) is 10.5. The van der Waals surface area contributed by atoms with Gasteiger partial charge in [-0.15, -0.1) is 22.7 Å². The van der Waals surface area contributed by atoms with Crippen LogP contribution in [0.4, 0.5) is 0 Å². The lowest BCUT2D eigenvalue weighted by Gasteiger charge is -2.01. The van der Waals surface area contributed by atoms with E-state index in [-0.39, 0.29) is 0 Å². The van der Waals surface area contributed by atoms with Crippen molar-refractivity contribution in [1.29, 1.82) is 0 Å². The monoisotopic (exact) mass is 309 g/mol. The molecule has 0 atom stereocenters. The minimum atomic E-state index is -0.936. The van der Waals surface area contributed by atoms with Crippen molar-refractivity contribution in [2.45, 2.75) is 20.0 Å². The standard InChI is InChI=1S/C14H15NO3S2/c1-10-13(20-9-15-10)4-5-18-7-12-6-11(8-19-12)2-3-14(16)17/h2-3,6,8-9H,4-5,7H2,1H3,(H,16,17). The number of rotatable bonds is 7. The topological polar surface area (TPSA) is 59.4 Å². The molecular formula is C14H15NO3S2. The van der Waals surface area contributed by atoms with Gasteiger partial charge in [-0.25, -0.2) is 9.78 Å². The van der Waals surface area contributed by atoms with Gasteiger partial charge in [0.05, 0.1) is 24.4 Å². The van der Waals surface area contributed by atoms with Crippen LogP contribution in [0.25, 0.3) is 6.08 Å². The summed E-state index contributed by atoms with van der Waals surface area (Å²) in [5.41, 5.74) is 3.83. The van der Waals surface area contributed by atoms with Gasteiger partial charge in [0, 0.05) is 22.3 Å². The number of ether oxygens (including phenoxy) is 1. The molecule has 0 unspecified atom stereocenters. The van der Waals surface area contributed by atoms with Crippen molar-refractivity contribution >= 4 is 34.7 Å². The molecule has 0 saturated carbocycles. The smallest absolute Gasteiger partial charge is 0.328 e. The summed E-state index contributed by atoms with van der Waals surface area (Å²) in [6, 6.07) is 1.95. The Labute approximate surface area is 125 Å². The van der Waals surface area contributed by atoms with Gasteiger partial charge in [-0.3, -0.25) is 0 Å². The molecule has 0 aliphatic heterocycles. The molecule has 2 aromatic heterocycles. The molecule has 0 saturated heterocycles. The molecule has 0 bridgehead atoms. The Morgan fingerprint density at radius 3 is 3.05 bits per heavy atom. The first-order chi connectivity index (χ1) is 9.65. The summed E-state index contributed by atoms with van der Waals surface area (Å²) in [6.07, 6.45) is 3.61. The molecule has 6 heteroatoms. The summed E-state index contributed by atoms with van der Waals surface area (Å²) in [4.78, 5) is 17.0. The summed E-state index contributed by atoms with van der Waals surface area (Å²) < 4.78 is 5.64. The Hall–Kier alpha value is -1.50. The van der Waals surface area contributed by atoms with Gasteiger partial charge in [-0.2, -0.15) is 0 Å². The van der Waals surface area contributed by atoms with Crippen LogP contribution in [0.5, 0.6) is 0 Å². The lowest BCUT2D eigenvalue weighted by atomic mass is 10.3. The maximum absolute atomic E-state index is 10.4. The predicted octanol–water partition coefficient (Wildman–Crippen LogP) is 3.37. The highest BCUT2D eigenvalue weighted by Crippen LogP contribution is 2.18. The summed E-state index contributed by atoms with van der Waals surface area (Å²) in [6.45, 7) is 3.23. The van der Waals surface area contributed by atoms with Gasteiger partial charge >= 0.3 is 5.97 Å². The Balaban J connectivity index is 1.74. The van der Waals surface area contributed by atoms with Gasteiger partial charge in [0.2, 0.25) is 0 Å². The number of carboxylic acids is 1. The van der Waals surface area contributed by atoms with E-state index in [0.717, 1.165) is 28.6 Å². The molecule has 0 aliphatic carbocycles. The van der Waals surface area contributed by atoms with Crippen LogP contribution < -0.4 is 0 Å². The first-order valence-electron chi connectivity index (χ1n) is 6.10. The molecule has 0 aromatic carbocycles. The maximum atomic E-state index is 10.4. The quantitative estimate of drug-likeness (QED) is 0.629. The van der Waals surface area contributed by atoms with Crippen LogP contribution in [0.15, 0.2) is 23.0 Å². The van der Waals surface area contributed by atoms with E-state index in [2.05, 4.69) is 4.98 Å². The Morgan fingerprint density at radius 1 is 1.50 bits per heavy atom. The van der Waals surface area contributed by atoms with Gasteiger partial charge in [0.25, 0.3) is 0 Å². The molecule has 1 N–H and O–H groups in total. The number of thiophene rings is 1. The Morgan fingerprint density at radius 2 is 2.35 bits per heavy atom. The second kappa shape index (κ2) is 7.33. The van der Waals surface area contributed by atoms with Crippen molar-refractivity contribution in [3.05, 3.63) is 44.0 Å². The van der Waals surface area contributed by atoms with Gasteiger partial charge < -0.3 is 9.84 Å². The van der Waals surface area contributed by atoms with Crippen LogP contribution in [0.1, 0.15) is 21.0 Å². The zero-order chi connectivity index (χ0) is 14.4. The number of hydrogen-bond acceptors (Lipinski definition) is 5. The summed E-state index contributed by atoms with van der Waals surface area (Å²) in [7, 11) is 0. The van der Waals surface area contributed by atoms with Crippen LogP contribution >= 0.6 is 22.7 Å². The summed E-state index contributed by atoms with van der Waals surface area (Å²) in [5.74, 6) is -0.936. The lowest BCUT2D eigenvalue weighted by Crippen LogP contribution is -1.97. The Bertz CT molecular complexity index is 601. The zero-order valence-electron chi connectivity index (χ0n) is 11.0. The van der Waals surface area contributed by atoms with Crippen molar-refractivity contribution in [1.82, 2.24) is 4.98 Å². The third-order valence-corrected chi connectivity index (χ3v) is 4.58. The second-order valence-electron chi connectivity index (χ2n) is 4.18. The van der Waals surface area contributed by atoms with Crippen LogP contribution in [0.2, 0.25) is 0 Å². The third-order valence-electron chi connectivity index (χ3n) is 2.66. The molecule has 0 spiro atoms. The average molecular weight is 309 g/mol. The largest absolute Gasteiger partial charge is 0.478 e. The summed E-state index contributed by atoms with van der Waals surface area (Å²) >= 11 is 3.23. The predicted molar refractivity (Wildman–Crippen MR) is 81.2 cm³/mol. The zero-order valence-corrected chi connectivity index (χ0v) is 12.7. The van der Waals surface area contributed by atoms with Gasteiger partial charge in [0.1, 0.15) is 0 Å². The SMILES string of the molecule is Cc1ncsc1CCOCc1cc(C=CC(=O)O)cs1. The number of carboxylic acid groups (broad SMARTS) is 1. The normalized spacial score (nSPS) is 11.2. The van der Waals surface area contributed by atoms with Crippen molar-refractivity contribution in [3.8, 4) is 0 Å². The van der Waals surface area contributed by atoms with E-state index in [1.54, 1.807) is 28.7 Å². The lowest BCUT2D eigenvalue weighted by molar-refractivity contribution is -0.131. The number of aryl methyl sites for hydroxylation is 1. The molecule has 106 valence electrons. The number of aliphatic carboxylic acids is 1. The van der Waals surface area contributed by atoms with Crippen molar-refractivity contribution in [2.75, 3.05) is 6.61 Å². The van der Waals surface area contributed by atoms with Crippen molar-refractivity contribution < 1.29 is 14.6 Å². The minimum absolute atomic E-state index is 0.559. The number of carbonyl (C=O) groups is 1. The first kappa shape index (κ1) is 14.9. The van der Waals surface area contributed by atoms with E-state index in [4.69, 9.17) is 9.84 Å². The van der Waals surface area contributed by atoms with E-state index in [1.807, 2.05) is 23.9 Å². The minimum Gasteiger partial charge on any atom is -0.478 e. The van der Waals surface area contributed by atoms with Gasteiger partial charge in [0.15, 0.2) is 0 Å². The molecule has 20 heavy (non-hydrogen) atoms. The van der Waals surface area contributed by atoms with Crippen LogP contribution in [-0.2, 0) is 22.6 Å². The molecule has 4 nitrogen and oxygen atoms in total.